The summed E-state index contributed by atoms with van der Waals surface area (Å²) in [5, 5.41) is 55.0. The van der Waals surface area contributed by atoms with E-state index in [2.05, 4.69) is 0 Å². The van der Waals surface area contributed by atoms with Crippen molar-refractivity contribution in [2.75, 3.05) is 0 Å². The zero-order valence-corrected chi connectivity index (χ0v) is 15.9. The minimum absolute atomic E-state index is 0.674. The van der Waals surface area contributed by atoms with Gasteiger partial charge in [-0.15, -0.1) is 0 Å². The minimum atomic E-state index is -1.86. The quantitative estimate of drug-likeness (QED) is 0.303. The molecule has 2 aromatic carbocycles. The highest BCUT2D eigenvalue weighted by Crippen LogP contribution is 2.26. The second kappa shape index (κ2) is 8.59. The van der Waals surface area contributed by atoms with E-state index in [1.54, 1.807) is 0 Å². The minimum Gasteiger partial charge on any atom is -0.478 e. The second-order valence-electron chi connectivity index (χ2n) is 5.78. The smallest absolute Gasteiger partial charge is 0.337 e. The van der Waals surface area contributed by atoms with E-state index in [-0.39, 0.29) is 0 Å². The van der Waals surface area contributed by atoms with E-state index in [4.69, 9.17) is 0 Å². The molecule has 0 saturated heterocycles. The summed E-state index contributed by atoms with van der Waals surface area (Å²) in [6.45, 7) is 0. The summed E-state index contributed by atoms with van der Waals surface area (Å²) in [7, 11) is -1.33. The zero-order chi connectivity index (χ0) is 23.6. The standard InChI is InChI=1S/C18H11O12P/c19-13(20)5-1-3-7(15(23)24)11(9(5)17(27)28)31-12-8(16(25)26)4-2-6(14(21)22)10(12)18(29)30/h1-4,31H,(H,19,20)(H,21,22)(H,23,24)(H,25,26)(H,27,28)(H,29,30). The molecule has 0 saturated carbocycles. The van der Waals surface area contributed by atoms with Crippen molar-refractivity contribution in [3.05, 3.63) is 57.6 Å². The van der Waals surface area contributed by atoms with Crippen LogP contribution in [0.2, 0.25) is 0 Å². The first-order valence-electron chi connectivity index (χ1n) is 7.89. The average molecular weight is 450 g/mol. The molecule has 31 heavy (non-hydrogen) atoms. The molecule has 0 aliphatic heterocycles. The van der Waals surface area contributed by atoms with Crippen LogP contribution in [0.15, 0.2) is 24.3 Å². The van der Waals surface area contributed by atoms with Gasteiger partial charge in [0.1, 0.15) is 0 Å². The predicted molar refractivity (Wildman–Crippen MR) is 102 cm³/mol. The fraction of sp³-hybridized carbons (Fsp3) is 0. The van der Waals surface area contributed by atoms with Gasteiger partial charge in [-0.1, -0.05) is 8.58 Å². The number of rotatable bonds is 8. The maximum Gasteiger partial charge on any atom is 0.337 e. The Morgan fingerprint density at radius 1 is 0.452 bits per heavy atom. The third-order valence-corrected chi connectivity index (χ3v) is 5.55. The van der Waals surface area contributed by atoms with Crippen LogP contribution in [0.3, 0.4) is 0 Å². The topological polar surface area (TPSA) is 224 Å². The monoisotopic (exact) mass is 450 g/mol. The van der Waals surface area contributed by atoms with Crippen LogP contribution in [0.25, 0.3) is 0 Å². The Balaban J connectivity index is 3.02. The lowest BCUT2D eigenvalue weighted by atomic mass is 10.0. The van der Waals surface area contributed by atoms with Crippen molar-refractivity contribution in [1.29, 1.82) is 0 Å². The van der Waals surface area contributed by atoms with Gasteiger partial charge in [0.15, 0.2) is 0 Å². The Morgan fingerprint density at radius 3 is 0.935 bits per heavy atom. The number of hydrogen-bond acceptors (Lipinski definition) is 6. The Morgan fingerprint density at radius 2 is 0.710 bits per heavy atom. The van der Waals surface area contributed by atoms with Gasteiger partial charge in [-0.3, -0.25) is 0 Å². The summed E-state index contributed by atoms with van der Waals surface area (Å²) in [6.07, 6.45) is 0. The van der Waals surface area contributed by atoms with Crippen molar-refractivity contribution in [1.82, 2.24) is 0 Å². The van der Waals surface area contributed by atoms with Gasteiger partial charge < -0.3 is 30.6 Å². The number of aromatic carboxylic acids is 6. The third kappa shape index (κ3) is 4.33. The Bertz CT molecular complexity index is 1090. The Labute approximate surface area is 172 Å². The van der Waals surface area contributed by atoms with Crippen LogP contribution in [0.5, 0.6) is 0 Å². The van der Waals surface area contributed by atoms with Gasteiger partial charge in [-0.05, 0) is 24.3 Å². The average Bonchev–Trinajstić information content (AvgIpc) is 2.65. The maximum atomic E-state index is 11.7. The van der Waals surface area contributed by atoms with Crippen molar-refractivity contribution in [3.63, 3.8) is 0 Å². The van der Waals surface area contributed by atoms with Gasteiger partial charge in [0.25, 0.3) is 0 Å². The van der Waals surface area contributed by atoms with Crippen LogP contribution in [0, 0.1) is 0 Å². The fourth-order valence-corrected chi connectivity index (χ4v) is 4.38. The summed E-state index contributed by atoms with van der Waals surface area (Å²) >= 11 is 0. The fourth-order valence-electron chi connectivity index (χ4n) is 2.75. The molecule has 0 amide bonds. The molecule has 2 aromatic rings. The number of carboxylic acids is 6. The summed E-state index contributed by atoms with van der Waals surface area (Å²) in [5.74, 6) is -10.5. The predicted octanol–water partition coefficient (Wildman–Crippen LogP) is 0.505. The summed E-state index contributed by atoms with van der Waals surface area (Å²) in [4.78, 5) is 69.6. The van der Waals surface area contributed by atoms with Gasteiger partial charge in [-0.2, -0.15) is 0 Å². The van der Waals surface area contributed by atoms with Crippen molar-refractivity contribution >= 4 is 55.0 Å². The molecular formula is C18H11O12P. The summed E-state index contributed by atoms with van der Waals surface area (Å²) in [5.41, 5.74) is -5.03. The van der Waals surface area contributed by atoms with Crippen molar-refractivity contribution in [3.8, 4) is 0 Å². The molecular weight excluding hydrogens is 439 g/mol. The lowest BCUT2D eigenvalue weighted by Crippen LogP contribution is -2.29. The van der Waals surface area contributed by atoms with Gasteiger partial charge >= 0.3 is 35.8 Å². The number of benzene rings is 2. The molecule has 160 valence electrons. The first-order chi connectivity index (χ1) is 14.4. The van der Waals surface area contributed by atoms with Crippen molar-refractivity contribution < 1.29 is 59.4 Å². The number of hydrogen-bond donors (Lipinski definition) is 6. The normalized spacial score (nSPS) is 10.3. The van der Waals surface area contributed by atoms with Crippen molar-refractivity contribution in [2.45, 2.75) is 0 Å². The first-order valence-corrected chi connectivity index (χ1v) is 8.89. The number of carboxylic acid groups (broad SMARTS) is 6. The lowest BCUT2D eigenvalue weighted by molar-refractivity contribution is 0.0650. The maximum absolute atomic E-state index is 11.7. The highest BCUT2D eigenvalue weighted by molar-refractivity contribution is 7.56. The molecule has 0 aliphatic carbocycles. The highest BCUT2D eigenvalue weighted by Gasteiger charge is 2.30. The molecule has 2 rings (SSSR count). The van der Waals surface area contributed by atoms with E-state index in [0.29, 0.717) is 0 Å². The van der Waals surface area contributed by atoms with Crippen LogP contribution in [-0.4, -0.2) is 66.5 Å². The van der Waals surface area contributed by atoms with Crippen molar-refractivity contribution in [2.24, 2.45) is 0 Å². The van der Waals surface area contributed by atoms with E-state index < -0.39 is 88.4 Å². The molecule has 0 heterocycles. The molecule has 12 nitrogen and oxygen atoms in total. The van der Waals surface area contributed by atoms with Gasteiger partial charge in [0.05, 0.1) is 33.4 Å². The van der Waals surface area contributed by atoms with Crippen LogP contribution in [0.1, 0.15) is 62.1 Å². The zero-order valence-electron chi connectivity index (χ0n) is 14.9. The molecule has 0 radical (unpaired) electrons. The lowest BCUT2D eigenvalue weighted by Gasteiger charge is -2.17. The van der Waals surface area contributed by atoms with Crippen LogP contribution >= 0.6 is 8.58 Å². The van der Waals surface area contributed by atoms with E-state index in [0.717, 1.165) is 24.3 Å². The molecule has 13 heteroatoms. The van der Waals surface area contributed by atoms with E-state index in [9.17, 15) is 59.4 Å². The molecule has 0 bridgehead atoms. The molecule has 0 spiro atoms. The summed E-state index contributed by atoms with van der Waals surface area (Å²) in [6, 6.07) is 3.02. The van der Waals surface area contributed by atoms with E-state index in [1.807, 2.05) is 0 Å². The molecule has 0 unspecified atom stereocenters. The molecule has 0 atom stereocenters. The van der Waals surface area contributed by atoms with Gasteiger partial charge in [0.2, 0.25) is 0 Å². The highest BCUT2D eigenvalue weighted by atomic mass is 31.1. The Hall–Kier alpha value is -4.31. The Kier molecular flexibility index (Phi) is 6.37. The van der Waals surface area contributed by atoms with E-state index >= 15 is 0 Å². The summed E-state index contributed by atoms with van der Waals surface area (Å²) < 4.78 is 0. The largest absolute Gasteiger partial charge is 0.478 e. The third-order valence-electron chi connectivity index (χ3n) is 4.01. The number of carbonyl (C=O) groups is 6. The second-order valence-corrected chi connectivity index (χ2v) is 7.03. The molecule has 0 aromatic heterocycles. The van der Waals surface area contributed by atoms with E-state index in [1.165, 1.54) is 0 Å². The van der Waals surface area contributed by atoms with Gasteiger partial charge in [0, 0.05) is 10.6 Å². The molecule has 0 fully saturated rings. The van der Waals surface area contributed by atoms with Crippen LogP contribution < -0.4 is 10.6 Å². The van der Waals surface area contributed by atoms with Crippen LogP contribution in [0.4, 0.5) is 0 Å². The van der Waals surface area contributed by atoms with Crippen LogP contribution in [-0.2, 0) is 0 Å². The van der Waals surface area contributed by atoms with Gasteiger partial charge in [-0.25, -0.2) is 28.8 Å². The SMILES string of the molecule is O=C(O)c1ccc(C(=O)O)c(C(=O)O)c1Pc1c(C(=O)O)ccc(C(=O)O)c1C(=O)O. The molecule has 0 aliphatic rings. The molecule has 6 N–H and O–H groups in total. The first kappa shape index (κ1) is 23.0.